The molecule has 9 heteroatoms. The summed E-state index contributed by atoms with van der Waals surface area (Å²) in [6, 6.07) is 14.0. The molecule has 0 amide bonds. The largest absolute Gasteiger partial charge is 0.280 e. The number of benzene rings is 2. The second kappa shape index (κ2) is 8.08. The van der Waals surface area contributed by atoms with Gasteiger partial charge in [-0.1, -0.05) is 36.4 Å². The number of hydrogen-bond donors (Lipinski definition) is 1. The number of rotatable bonds is 6. The number of fused-ring (bicyclic) bond motifs is 1. The average molecular weight is 440 g/mol. The van der Waals surface area contributed by atoms with Gasteiger partial charge in [0.15, 0.2) is 0 Å². The number of nitrogens with zero attached hydrogens (tertiary/aromatic N) is 4. The third-order valence-corrected chi connectivity index (χ3v) is 7.21. The van der Waals surface area contributed by atoms with Crippen molar-refractivity contribution in [1.82, 2.24) is 19.6 Å². The highest BCUT2D eigenvalue weighted by Crippen LogP contribution is 2.32. The van der Waals surface area contributed by atoms with Crippen molar-refractivity contribution in [3.05, 3.63) is 71.7 Å². The molecule has 7 nitrogen and oxygen atoms in total. The lowest BCUT2D eigenvalue weighted by Gasteiger charge is -2.12. The molecule has 0 aliphatic heterocycles. The molecule has 30 heavy (non-hydrogen) atoms. The van der Waals surface area contributed by atoms with E-state index in [0.717, 1.165) is 33.2 Å². The van der Waals surface area contributed by atoms with E-state index in [9.17, 15) is 8.42 Å². The van der Waals surface area contributed by atoms with Crippen LogP contribution in [0.4, 0.5) is 5.69 Å². The molecule has 2 aromatic carbocycles. The van der Waals surface area contributed by atoms with Gasteiger partial charge in [0, 0.05) is 21.8 Å². The molecule has 0 fully saturated rings. The van der Waals surface area contributed by atoms with Crippen molar-refractivity contribution >= 4 is 33.3 Å². The molecule has 1 N–H and O–H groups in total. The van der Waals surface area contributed by atoms with Gasteiger partial charge in [-0.3, -0.25) is 4.72 Å². The highest BCUT2D eigenvalue weighted by molar-refractivity contribution is 7.99. The molecule has 4 aromatic rings. The predicted octanol–water partition coefficient (Wildman–Crippen LogP) is 4.26. The zero-order valence-corrected chi connectivity index (χ0v) is 18.5. The Morgan fingerprint density at radius 1 is 1.03 bits per heavy atom. The zero-order chi connectivity index (χ0) is 21.3. The van der Waals surface area contributed by atoms with Gasteiger partial charge in [0.1, 0.15) is 11.4 Å². The summed E-state index contributed by atoms with van der Waals surface area (Å²) in [5, 5.41) is 5.26. The fraction of sp³-hybridized carbons (Fsp3) is 0.190. The Kier molecular flexibility index (Phi) is 5.48. The van der Waals surface area contributed by atoms with Gasteiger partial charge in [-0.15, -0.1) is 0 Å². The first-order valence-electron chi connectivity index (χ1n) is 9.44. The number of hydrogen-bond acceptors (Lipinski definition) is 6. The van der Waals surface area contributed by atoms with Gasteiger partial charge in [-0.25, -0.2) is 13.4 Å². The summed E-state index contributed by atoms with van der Waals surface area (Å²) in [5.74, 6) is 0.565. The van der Waals surface area contributed by atoms with Gasteiger partial charge in [-0.05, 0) is 56.7 Å². The predicted molar refractivity (Wildman–Crippen MR) is 117 cm³/mol. The van der Waals surface area contributed by atoms with Gasteiger partial charge in [0.05, 0.1) is 4.90 Å². The quantitative estimate of drug-likeness (QED) is 0.452. The lowest BCUT2D eigenvalue weighted by molar-refractivity contribution is 0.601. The van der Waals surface area contributed by atoms with E-state index < -0.39 is 10.0 Å². The van der Waals surface area contributed by atoms with Gasteiger partial charge in [0.2, 0.25) is 0 Å². The number of sulfonamides is 1. The van der Waals surface area contributed by atoms with Crippen molar-refractivity contribution < 1.29 is 8.42 Å². The van der Waals surface area contributed by atoms with E-state index >= 15 is 0 Å². The van der Waals surface area contributed by atoms with Crippen LogP contribution in [0.25, 0.3) is 5.78 Å². The lowest BCUT2D eigenvalue weighted by Crippen LogP contribution is -2.12. The van der Waals surface area contributed by atoms with Crippen molar-refractivity contribution in [2.75, 3.05) is 4.72 Å². The van der Waals surface area contributed by atoms with Crippen LogP contribution >= 0.6 is 11.8 Å². The SMILES string of the molecule is CCc1c(C)nc2ncnn2c1Sc1ccc(NS(=O)(=O)c2ccc(C)cc2)cc1. The van der Waals surface area contributed by atoms with E-state index in [1.807, 2.05) is 26.0 Å². The van der Waals surface area contributed by atoms with Gasteiger partial charge in [-0.2, -0.15) is 14.6 Å². The Balaban J connectivity index is 1.58. The van der Waals surface area contributed by atoms with E-state index in [1.165, 1.54) is 6.33 Å². The maximum Gasteiger partial charge on any atom is 0.261 e. The smallest absolute Gasteiger partial charge is 0.261 e. The molecule has 2 heterocycles. The second-order valence-corrected chi connectivity index (χ2v) is 9.60. The minimum atomic E-state index is -3.63. The Morgan fingerprint density at radius 2 is 1.73 bits per heavy atom. The molecule has 0 aliphatic rings. The molecule has 0 bridgehead atoms. The van der Waals surface area contributed by atoms with Crippen molar-refractivity contribution in [3.8, 4) is 0 Å². The summed E-state index contributed by atoms with van der Waals surface area (Å²) < 4.78 is 29.5. The third-order valence-electron chi connectivity index (χ3n) is 4.69. The summed E-state index contributed by atoms with van der Waals surface area (Å²) in [4.78, 5) is 9.89. The Morgan fingerprint density at radius 3 is 2.40 bits per heavy atom. The standard InChI is InChI=1S/C21H21N5O2S2/c1-4-19-15(3)24-21-22-13-23-26(21)20(19)29-17-9-7-16(8-10-17)25-30(27,28)18-11-5-14(2)6-12-18/h5-13,25H,4H2,1-3H3. The second-order valence-electron chi connectivity index (χ2n) is 6.85. The molecular weight excluding hydrogens is 418 g/mol. The molecule has 154 valence electrons. The van der Waals surface area contributed by atoms with Crippen molar-refractivity contribution in [3.63, 3.8) is 0 Å². The molecule has 0 saturated heterocycles. The highest BCUT2D eigenvalue weighted by Gasteiger charge is 2.16. The Bertz CT molecular complexity index is 1300. The van der Waals surface area contributed by atoms with Crippen LogP contribution in [0.15, 0.2) is 69.7 Å². The topological polar surface area (TPSA) is 89.2 Å². The van der Waals surface area contributed by atoms with Crippen molar-refractivity contribution in [1.29, 1.82) is 0 Å². The molecule has 0 atom stereocenters. The van der Waals surface area contributed by atoms with Crippen LogP contribution in [0.1, 0.15) is 23.7 Å². The summed E-state index contributed by atoms with van der Waals surface area (Å²) in [7, 11) is -3.63. The van der Waals surface area contributed by atoms with E-state index in [-0.39, 0.29) is 4.90 Å². The first-order chi connectivity index (χ1) is 14.4. The van der Waals surface area contributed by atoms with Gasteiger partial charge < -0.3 is 0 Å². The maximum absolute atomic E-state index is 12.6. The van der Waals surface area contributed by atoms with Crippen molar-refractivity contribution in [2.24, 2.45) is 0 Å². The van der Waals surface area contributed by atoms with Crippen LogP contribution in [-0.4, -0.2) is 28.0 Å². The molecule has 0 radical (unpaired) electrons. The zero-order valence-electron chi connectivity index (χ0n) is 16.8. The normalized spacial score (nSPS) is 11.7. The fourth-order valence-electron chi connectivity index (χ4n) is 3.10. The van der Waals surface area contributed by atoms with E-state index in [0.29, 0.717) is 11.5 Å². The fourth-order valence-corrected chi connectivity index (χ4v) is 5.29. The summed E-state index contributed by atoms with van der Waals surface area (Å²) >= 11 is 1.55. The lowest BCUT2D eigenvalue weighted by atomic mass is 10.2. The summed E-state index contributed by atoms with van der Waals surface area (Å²) in [5.41, 5.74) is 3.56. The molecular formula is C21H21N5O2S2. The molecule has 4 rings (SSSR count). The van der Waals surface area contributed by atoms with Gasteiger partial charge >= 0.3 is 0 Å². The van der Waals surface area contributed by atoms with Crippen LogP contribution in [0, 0.1) is 13.8 Å². The summed E-state index contributed by atoms with van der Waals surface area (Å²) in [6.07, 6.45) is 2.32. The maximum atomic E-state index is 12.6. The molecule has 2 aromatic heterocycles. The van der Waals surface area contributed by atoms with Crippen LogP contribution in [0.5, 0.6) is 0 Å². The van der Waals surface area contributed by atoms with Crippen molar-refractivity contribution in [2.45, 2.75) is 42.0 Å². The van der Waals surface area contributed by atoms with Crippen LogP contribution < -0.4 is 4.72 Å². The Labute approximate surface area is 179 Å². The molecule has 0 spiro atoms. The first kappa shape index (κ1) is 20.4. The number of aromatic nitrogens is 4. The average Bonchev–Trinajstić information content (AvgIpc) is 3.18. The molecule has 0 unspecified atom stereocenters. The number of aryl methyl sites for hydroxylation is 2. The van der Waals surface area contributed by atoms with E-state index in [1.54, 1.807) is 52.7 Å². The van der Waals surface area contributed by atoms with Crippen LogP contribution in [0.3, 0.4) is 0 Å². The number of anilines is 1. The van der Waals surface area contributed by atoms with Crippen LogP contribution in [-0.2, 0) is 16.4 Å². The minimum absolute atomic E-state index is 0.236. The van der Waals surface area contributed by atoms with Crippen LogP contribution in [0.2, 0.25) is 0 Å². The van der Waals surface area contributed by atoms with E-state index in [2.05, 4.69) is 26.7 Å². The van der Waals surface area contributed by atoms with Gasteiger partial charge in [0.25, 0.3) is 15.8 Å². The molecule has 0 aliphatic carbocycles. The number of nitrogens with one attached hydrogen (secondary N) is 1. The molecule has 0 saturated carbocycles. The minimum Gasteiger partial charge on any atom is -0.280 e. The highest BCUT2D eigenvalue weighted by atomic mass is 32.2. The third kappa shape index (κ3) is 4.03. The monoisotopic (exact) mass is 439 g/mol. The summed E-state index contributed by atoms with van der Waals surface area (Å²) in [6.45, 7) is 5.97. The van der Waals surface area contributed by atoms with E-state index in [4.69, 9.17) is 0 Å². The Hall–Kier alpha value is -2.91. The first-order valence-corrected chi connectivity index (χ1v) is 11.7.